The van der Waals surface area contributed by atoms with E-state index in [4.69, 9.17) is 19.4 Å². The van der Waals surface area contributed by atoms with Crippen molar-refractivity contribution in [1.82, 2.24) is 15.0 Å². The first-order valence-corrected chi connectivity index (χ1v) is 20.5. The Labute approximate surface area is 347 Å². The monoisotopic (exact) mass is 767 g/mol. The minimum Gasteiger partial charge on any atom is -0.456 e. The van der Waals surface area contributed by atoms with Gasteiger partial charge in [0, 0.05) is 32.9 Å². The van der Waals surface area contributed by atoms with Crippen LogP contribution in [0, 0.1) is 0 Å². The average molecular weight is 768 g/mol. The van der Waals surface area contributed by atoms with E-state index in [1.165, 1.54) is 49.4 Å². The highest BCUT2D eigenvalue weighted by Gasteiger charge is 2.35. The SMILES string of the molecule is CC1(C)c2ccccc2-c2ccc(-c3nc(-c4ccccc4)nc(-c4cccc(-c5cccc6oc7ccc(-c8ccc9c(ccc%10ccccc%109)c8)cc7c56)c4)n3)cc21. The second kappa shape index (κ2) is 13.2. The Kier molecular flexibility index (Phi) is 7.54. The molecule has 1 aliphatic rings. The van der Waals surface area contributed by atoms with Crippen molar-refractivity contribution >= 4 is 43.5 Å². The summed E-state index contributed by atoms with van der Waals surface area (Å²) in [6.07, 6.45) is 0. The van der Waals surface area contributed by atoms with Gasteiger partial charge in [-0.3, -0.25) is 0 Å². The summed E-state index contributed by atoms with van der Waals surface area (Å²) < 4.78 is 6.50. The zero-order chi connectivity index (χ0) is 40.0. The van der Waals surface area contributed by atoms with Crippen LogP contribution in [0.2, 0.25) is 0 Å². The molecule has 2 aromatic heterocycles. The van der Waals surface area contributed by atoms with Gasteiger partial charge in [0.1, 0.15) is 11.2 Å². The molecule has 0 bridgehead atoms. The van der Waals surface area contributed by atoms with Gasteiger partial charge in [0.25, 0.3) is 0 Å². The first kappa shape index (κ1) is 34.4. The van der Waals surface area contributed by atoms with Crippen LogP contribution in [-0.2, 0) is 5.41 Å². The van der Waals surface area contributed by atoms with Crippen molar-refractivity contribution in [3.05, 3.63) is 199 Å². The topological polar surface area (TPSA) is 51.8 Å². The van der Waals surface area contributed by atoms with Crippen LogP contribution in [0.15, 0.2) is 192 Å². The summed E-state index contributed by atoms with van der Waals surface area (Å²) in [5.74, 6) is 1.91. The Morgan fingerprint density at radius 2 is 0.967 bits per heavy atom. The van der Waals surface area contributed by atoms with E-state index in [9.17, 15) is 0 Å². The average Bonchev–Trinajstić information content (AvgIpc) is 3.80. The van der Waals surface area contributed by atoms with E-state index >= 15 is 0 Å². The van der Waals surface area contributed by atoms with Crippen LogP contribution in [0.25, 0.3) is 111 Å². The van der Waals surface area contributed by atoms with Gasteiger partial charge in [0.15, 0.2) is 17.5 Å². The molecule has 12 rings (SSSR count). The van der Waals surface area contributed by atoms with E-state index in [-0.39, 0.29) is 5.41 Å². The summed E-state index contributed by atoms with van der Waals surface area (Å²) in [7, 11) is 0. The van der Waals surface area contributed by atoms with Crippen LogP contribution >= 0.6 is 0 Å². The zero-order valence-corrected chi connectivity index (χ0v) is 33.1. The molecular weight excluding hydrogens is 731 g/mol. The third-order valence-corrected chi connectivity index (χ3v) is 12.5. The van der Waals surface area contributed by atoms with Crippen molar-refractivity contribution in [3.63, 3.8) is 0 Å². The predicted molar refractivity (Wildman–Crippen MR) is 247 cm³/mol. The summed E-state index contributed by atoms with van der Waals surface area (Å²) in [6, 6.07) is 66.8. The number of nitrogens with zero attached hydrogens (tertiary/aromatic N) is 3. The summed E-state index contributed by atoms with van der Waals surface area (Å²) >= 11 is 0. The molecule has 0 aliphatic heterocycles. The number of furan rings is 1. The molecule has 0 radical (unpaired) electrons. The molecule has 11 aromatic rings. The molecule has 2 heterocycles. The lowest BCUT2D eigenvalue weighted by molar-refractivity contribution is 0.660. The smallest absolute Gasteiger partial charge is 0.164 e. The molecule has 4 heteroatoms. The molecule has 0 saturated heterocycles. The summed E-state index contributed by atoms with van der Waals surface area (Å²) in [4.78, 5) is 15.4. The molecule has 60 heavy (non-hydrogen) atoms. The molecule has 0 spiro atoms. The molecule has 0 saturated carbocycles. The molecule has 0 unspecified atom stereocenters. The lowest BCUT2D eigenvalue weighted by atomic mass is 9.82. The van der Waals surface area contributed by atoms with E-state index in [2.05, 4.69) is 184 Å². The van der Waals surface area contributed by atoms with Gasteiger partial charge in [-0.1, -0.05) is 166 Å². The second-order valence-corrected chi connectivity index (χ2v) is 16.4. The lowest BCUT2D eigenvalue weighted by Crippen LogP contribution is -2.15. The standard InChI is InChI=1S/C56H37N3O/c1-56(2)48-20-9-8-18-45(48)46-28-25-41(33-49(46)56)55-58-53(35-13-4-3-5-14-35)57-54(59-55)40-16-10-15-38(31-40)44-19-11-21-51-52(44)47-32-37(26-29-50(47)60-51)36-24-27-43-39(30-36)23-22-34-12-6-7-17-42(34)43/h3-33H,1-2H3. The fraction of sp³-hybridized carbons (Fsp3) is 0.0536. The van der Waals surface area contributed by atoms with Crippen molar-refractivity contribution in [2.24, 2.45) is 0 Å². The molecule has 282 valence electrons. The minimum absolute atomic E-state index is 0.141. The molecule has 1 aliphatic carbocycles. The van der Waals surface area contributed by atoms with Gasteiger partial charge in [0.2, 0.25) is 0 Å². The summed E-state index contributed by atoms with van der Waals surface area (Å²) in [5.41, 5.74) is 14.0. The van der Waals surface area contributed by atoms with Crippen LogP contribution in [0.5, 0.6) is 0 Å². The third kappa shape index (κ3) is 5.41. The van der Waals surface area contributed by atoms with E-state index in [1.807, 2.05) is 18.2 Å². The maximum atomic E-state index is 6.50. The number of aromatic nitrogens is 3. The second-order valence-electron chi connectivity index (χ2n) is 16.4. The molecule has 4 nitrogen and oxygen atoms in total. The summed E-state index contributed by atoms with van der Waals surface area (Å²) in [6.45, 7) is 4.60. The Hall–Kier alpha value is -7.69. The fourth-order valence-electron chi connectivity index (χ4n) is 9.46. The molecule has 0 N–H and O–H groups in total. The molecular formula is C56H37N3O. The van der Waals surface area contributed by atoms with Gasteiger partial charge in [-0.05, 0) is 102 Å². The van der Waals surface area contributed by atoms with Gasteiger partial charge in [-0.25, -0.2) is 15.0 Å². The number of rotatable bonds is 5. The molecule has 0 amide bonds. The van der Waals surface area contributed by atoms with Gasteiger partial charge in [0.05, 0.1) is 0 Å². The number of hydrogen-bond donors (Lipinski definition) is 0. The first-order chi connectivity index (χ1) is 29.5. The van der Waals surface area contributed by atoms with Gasteiger partial charge < -0.3 is 4.42 Å². The molecule has 0 fully saturated rings. The Morgan fingerprint density at radius 1 is 0.350 bits per heavy atom. The lowest BCUT2D eigenvalue weighted by Gasteiger charge is -2.21. The molecule has 0 atom stereocenters. The Balaban J connectivity index is 0.973. The minimum atomic E-state index is -0.141. The van der Waals surface area contributed by atoms with Crippen molar-refractivity contribution in [2.45, 2.75) is 19.3 Å². The normalized spacial score (nSPS) is 13.0. The van der Waals surface area contributed by atoms with Gasteiger partial charge >= 0.3 is 0 Å². The summed E-state index contributed by atoms with van der Waals surface area (Å²) in [5, 5.41) is 7.18. The maximum absolute atomic E-state index is 6.50. The number of hydrogen-bond acceptors (Lipinski definition) is 4. The maximum Gasteiger partial charge on any atom is 0.164 e. The van der Waals surface area contributed by atoms with Crippen LogP contribution < -0.4 is 0 Å². The quantitative estimate of drug-likeness (QED) is 0.164. The van der Waals surface area contributed by atoms with Crippen molar-refractivity contribution in [3.8, 4) is 67.5 Å². The number of fused-ring (bicyclic) bond motifs is 9. The van der Waals surface area contributed by atoms with Crippen molar-refractivity contribution in [1.29, 1.82) is 0 Å². The van der Waals surface area contributed by atoms with Crippen LogP contribution in [-0.4, -0.2) is 15.0 Å². The van der Waals surface area contributed by atoms with E-state index < -0.39 is 0 Å². The van der Waals surface area contributed by atoms with Crippen LogP contribution in [0.4, 0.5) is 0 Å². The highest BCUT2D eigenvalue weighted by molar-refractivity contribution is 6.14. The first-order valence-electron chi connectivity index (χ1n) is 20.5. The predicted octanol–water partition coefficient (Wildman–Crippen LogP) is 14.7. The largest absolute Gasteiger partial charge is 0.456 e. The van der Waals surface area contributed by atoms with E-state index in [0.717, 1.165) is 55.3 Å². The highest BCUT2D eigenvalue weighted by atomic mass is 16.3. The van der Waals surface area contributed by atoms with Gasteiger partial charge in [-0.15, -0.1) is 0 Å². The van der Waals surface area contributed by atoms with E-state index in [0.29, 0.717) is 17.5 Å². The van der Waals surface area contributed by atoms with Crippen LogP contribution in [0.3, 0.4) is 0 Å². The van der Waals surface area contributed by atoms with E-state index in [1.54, 1.807) is 0 Å². The highest BCUT2D eigenvalue weighted by Crippen LogP contribution is 2.49. The number of benzene rings is 9. The molecule has 9 aromatic carbocycles. The third-order valence-electron chi connectivity index (χ3n) is 12.5. The Bertz CT molecular complexity index is 3530. The van der Waals surface area contributed by atoms with Crippen LogP contribution in [0.1, 0.15) is 25.0 Å². The zero-order valence-electron chi connectivity index (χ0n) is 33.1. The van der Waals surface area contributed by atoms with Gasteiger partial charge in [-0.2, -0.15) is 0 Å². The Morgan fingerprint density at radius 3 is 1.85 bits per heavy atom. The fourth-order valence-corrected chi connectivity index (χ4v) is 9.46. The van der Waals surface area contributed by atoms with Crippen molar-refractivity contribution in [2.75, 3.05) is 0 Å². The van der Waals surface area contributed by atoms with Crippen molar-refractivity contribution < 1.29 is 4.42 Å².